The molecule has 3 N–H and O–H groups in total. The van der Waals surface area contributed by atoms with Crippen molar-refractivity contribution in [3.05, 3.63) is 28.1 Å². The van der Waals surface area contributed by atoms with Crippen LogP contribution >= 0.6 is 0 Å². The van der Waals surface area contributed by atoms with E-state index in [0.717, 1.165) is 38.5 Å². The second-order valence-corrected chi connectivity index (χ2v) is 6.06. The molecule has 1 heterocycles. The molecular weight excluding hydrogens is 272 g/mol. The Morgan fingerprint density at radius 1 is 1.29 bits per heavy atom. The Hall–Kier alpha value is -1.89. The summed E-state index contributed by atoms with van der Waals surface area (Å²) in [5.74, 6) is -0.213. The molecule has 1 aromatic rings. The van der Waals surface area contributed by atoms with Gasteiger partial charge in [0.1, 0.15) is 5.69 Å². The van der Waals surface area contributed by atoms with Gasteiger partial charge < -0.3 is 15.6 Å². The fourth-order valence-electron chi connectivity index (χ4n) is 2.92. The van der Waals surface area contributed by atoms with Crippen LogP contribution in [0.2, 0.25) is 0 Å². The summed E-state index contributed by atoms with van der Waals surface area (Å²) in [5, 5.41) is 13.9. The Balaban J connectivity index is 1.73. The number of carbonyl (C=O) groups excluding carboxylic acids is 1. The molecule has 114 valence electrons. The monoisotopic (exact) mass is 292 g/mol. The largest absolute Gasteiger partial charge is 0.348 e. The van der Waals surface area contributed by atoms with Crippen molar-refractivity contribution in [1.82, 2.24) is 9.88 Å². The molecular formula is C14H20N4O3. The van der Waals surface area contributed by atoms with Crippen LogP contribution < -0.4 is 11.1 Å². The summed E-state index contributed by atoms with van der Waals surface area (Å²) in [5.41, 5.74) is 6.24. The zero-order chi connectivity index (χ0) is 15.0. The van der Waals surface area contributed by atoms with E-state index < -0.39 is 4.92 Å². The van der Waals surface area contributed by atoms with Gasteiger partial charge in [-0.05, 0) is 38.5 Å². The Bertz CT molecular complexity index is 557. The molecule has 0 atom stereocenters. The lowest BCUT2D eigenvalue weighted by Gasteiger charge is -2.26. The predicted molar refractivity (Wildman–Crippen MR) is 77.1 cm³/mol. The average Bonchev–Trinajstić information content (AvgIpc) is 3.19. The van der Waals surface area contributed by atoms with Crippen LogP contribution in [0.4, 0.5) is 5.69 Å². The molecule has 2 aliphatic rings. The molecule has 3 rings (SSSR count). The van der Waals surface area contributed by atoms with Crippen molar-refractivity contribution in [1.29, 1.82) is 0 Å². The average molecular weight is 292 g/mol. The van der Waals surface area contributed by atoms with E-state index in [1.54, 1.807) is 4.57 Å². The lowest BCUT2D eigenvalue weighted by atomic mass is 9.92. The highest BCUT2D eigenvalue weighted by molar-refractivity contribution is 5.93. The van der Waals surface area contributed by atoms with Crippen molar-refractivity contribution < 1.29 is 9.72 Å². The zero-order valence-corrected chi connectivity index (χ0v) is 11.8. The molecule has 1 amide bonds. The van der Waals surface area contributed by atoms with E-state index in [1.807, 2.05) is 0 Å². The molecule has 1 aromatic heterocycles. The van der Waals surface area contributed by atoms with E-state index >= 15 is 0 Å². The number of hydrogen-bond donors (Lipinski definition) is 2. The van der Waals surface area contributed by atoms with Crippen molar-refractivity contribution in [2.75, 3.05) is 0 Å². The summed E-state index contributed by atoms with van der Waals surface area (Å²) >= 11 is 0. The maximum atomic E-state index is 12.4. The molecule has 0 saturated heterocycles. The lowest BCUT2D eigenvalue weighted by molar-refractivity contribution is -0.384. The van der Waals surface area contributed by atoms with Crippen molar-refractivity contribution in [2.45, 2.75) is 56.7 Å². The Morgan fingerprint density at radius 2 is 1.95 bits per heavy atom. The maximum absolute atomic E-state index is 12.4. The highest BCUT2D eigenvalue weighted by atomic mass is 16.6. The van der Waals surface area contributed by atoms with Crippen LogP contribution in [-0.4, -0.2) is 27.5 Å². The quantitative estimate of drug-likeness (QED) is 0.651. The first-order chi connectivity index (χ1) is 10.0. The van der Waals surface area contributed by atoms with Crippen LogP contribution in [0.1, 0.15) is 55.1 Å². The van der Waals surface area contributed by atoms with Crippen LogP contribution in [0, 0.1) is 10.1 Å². The third kappa shape index (κ3) is 3.07. The smallest absolute Gasteiger partial charge is 0.287 e. The molecule has 0 radical (unpaired) electrons. The fraction of sp³-hybridized carbons (Fsp3) is 0.643. The van der Waals surface area contributed by atoms with E-state index in [4.69, 9.17) is 5.73 Å². The molecule has 0 aromatic carbocycles. The number of amides is 1. The zero-order valence-electron chi connectivity index (χ0n) is 11.8. The van der Waals surface area contributed by atoms with E-state index in [0.29, 0.717) is 5.69 Å². The normalized spacial score (nSPS) is 25.6. The summed E-state index contributed by atoms with van der Waals surface area (Å²) < 4.78 is 1.75. The van der Waals surface area contributed by atoms with Crippen molar-refractivity contribution >= 4 is 11.6 Å². The van der Waals surface area contributed by atoms with Gasteiger partial charge in [-0.3, -0.25) is 14.9 Å². The van der Waals surface area contributed by atoms with Crippen LogP contribution in [0.25, 0.3) is 0 Å². The Labute approximate surface area is 122 Å². The number of nitrogens with two attached hydrogens (primary N) is 1. The number of carbonyl (C=O) groups is 1. The Morgan fingerprint density at radius 3 is 2.52 bits per heavy atom. The summed E-state index contributed by atoms with van der Waals surface area (Å²) in [4.78, 5) is 22.9. The molecule has 21 heavy (non-hydrogen) atoms. The maximum Gasteiger partial charge on any atom is 0.287 e. The van der Waals surface area contributed by atoms with Crippen molar-refractivity contribution in [2.24, 2.45) is 5.73 Å². The molecule has 2 aliphatic carbocycles. The SMILES string of the molecule is NC1CCC(NC(=O)c2cc([N+](=O)[O-])cn2C2CC2)CC1. The van der Waals surface area contributed by atoms with E-state index in [-0.39, 0.29) is 29.7 Å². The topological polar surface area (TPSA) is 103 Å². The van der Waals surface area contributed by atoms with Gasteiger partial charge in [0.2, 0.25) is 0 Å². The summed E-state index contributed by atoms with van der Waals surface area (Å²) in [6.45, 7) is 0. The molecule has 0 aliphatic heterocycles. The first kappa shape index (κ1) is 14.1. The lowest BCUT2D eigenvalue weighted by Crippen LogP contribution is -2.41. The second-order valence-electron chi connectivity index (χ2n) is 6.06. The number of nitrogens with zero attached hydrogens (tertiary/aromatic N) is 2. The van der Waals surface area contributed by atoms with Gasteiger partial charge in [-0.1, -0.05) is 0 Å². The Kier molecular flexibility index (Phi) is 3.67. The third-order valence-corrected chi connectivity index (χ3v) is 4.32. The first-order valence-corrected chi connectivity index (χ1v) is 7.47. The predicted octanol–water partition coefficient (Wildman–Crippen LogP) is 1.73. The summed E-state index contributed by atoms with van der Waals surface area (Å²) in [7, 11) is 0. The highest BCUT2D eigenvalue weighted by Gasteiger charge is 2.31. The number of rotatable bonds is 4. The molecule has 7 nitrogen and oxygen atoms in total. The highest BCUT2D eigenvalue weighted by Crippen LogP contribution is 2.38. The van der Waals surface area contributed by atoms with Crippen molar-refractivity contribution in [3.63, 3.8) is 0 Å². The standard InChI is InChI=1S/C14H20N4O3/c15-9-1-3-10(4-2-9)16-14(19)13-7-12(18(20)21)8-17(13)11-5-6-11/h7-11H,1-6,15H2,(H,16,19). The minimum atomic E-state index is -0.449. The van der Waals surface area contributed by atoms with Gasteiger partial charge in [0.15, 0.2) is 0 Å². The molecule has 2 fully saturated rings. The minimum Gasteiger partial charge on any atom is -0.348 e. The molecule has 0 bridgehead atoms. The van der Waals surface area contributed by atoms with E-state index in [2.05, 4.69) is 5.32 Å². The molecule has 2 saturated carbocycles. The first-order valence-electron chi connectivity index (χ1n) is 7.47. The third-order valence-electron chi connectivity index (χ3n) is 4.32. The molecule has 7 heteroatoms. The number of nitrogens with one attached hydrogen (secondary N) is 1. The molecule has 0 spiro atoms. The second kappa shape index (κ2) is 5.48. The van der Waals surface area contributed by atoms with E-state index in [1.165, 1.54) is 12.3 Å². The van der Waals surface area contributed by atoms with Gasteiger partial charge in [0.25, 0.3) is 11.6 Å². The number of nitro groups is 1. The minimum absolute atomic E-state index is 0.0160. The van der Waals surface area contributed by atoms with E-state index in [9.17, 15) is 14.9 Å². The number of hydrogen-bond acceptors (Lipinski definition) is 4. The van der Waals surface area contributed by atoms with Gasteiger partial charge in [0.05, 0.1) is 11.1 Å². The summed E-state index contributed by atoms with van der Waals surface area (Å²) in [6.07, 6.45) is 7.00. The van der Waals surface area contributed by atoms with Crippen molar-refractivity contribution in [3.8, 4) is 0 Å². The van der Waals surface area contributed by atoms with Gasteiger partial charge in [-0.15, -0.1) is 0 Å². The van der Waals surface area contributed by atoms with Gasteiger partial charge in [-0.2, -0.15) is 0 Å². The fourth-order valence-corrected chi connectivity index (χ4v) is 2.92. The van der Waals surface area contributed by atoms with Gasteiger partial charge in [0, 0.05) is 24.2 Å². The van der Waals surface area contributed by atoms with Crippen LogP contribution in [0.3, 0.4) is 0 Å². The van der Waals surface area contributed by atoms with Crippen LogP contribution in [0.5, 0.6) is 0 Å². The molecule has 0 unspecified atom stereocenters. The number of aromatic nitrogens is 1. The van der Waals surface area contributed by atoms with Crippen LogP contribution in [-0.2, 0) is 0 Å². The van der Waals surface area contributed by atoms with Gasteiger partial charge >= 0.3 is 0 Å². The van der Waals surface area contributed by atoms with Crippen LogP contribution in [0.15, 0.2) is 12.3 Å². The summed E-state index contributed by atoms with van der Waals surface area (Å²) in [6, 6.07) is 1.97. The van der Waals surface area contributed by atoms with Gasteiger partial charge in [-0.25, -0.2) is 0 Å².